The van der Waals surface area contributed by atoms with Crippen LogP contribution in [0.3, 0.4) is 0 Å². The van der Waals surface area contributed by atoms with E-state index in [1.807, 2.05) is 0 Å². The first-order valence-electron chi connectivity index (χ1n) is 7.55. The number of nitrogens with two attached hydrogens (primary N) is 1. The Hall–Kier alpha value is -0.820. The molecule has 0 heterocycles. The lowest BCUT2D eigenvalue weighted by molar-refractivity contribution is 0.375. The molecule has 1 rings (SSSR count). The zero-order valence-electron chi connectivity index (χ0n) is 12.1. The minimum absolute atomic E-state index is 0.368. The molecule has 1 heteroatoms. The molecule has 2 unspecified atom stereocenters. The second kappa shape index (κ2) is 9.16. The van der Waals surface area contributed by atoms with Crippen molar-refractivity contribution in [1.82, 2.24) is 0 Å². The van der Waals surface area contributed by atoms with Crippen molar-refractivity contribution in [3.05, 3.63) is 35.9 Å². The first kappa shape index (κ1) is 15.2. The molecule has 0 fully saturated rings. The maximum absolute atomic E-state index is 6.27. The molecule has 0 radical (unpaired) electrons. The van der Waals surface area contributed by atoms with Gasteiger partial charge in [-0.25, -0.2) is 0 Å². The van der Waals surface area contributed by atoms with E-state index in [4.69, 9.17) is 5.73 Å². The van der Waals surface area contributed by atoms with E-state index in [-0.39, 0.29) is 0 Å². The summed E-state index contributed by atoms with van der Waals surface area (Å²) in [7, 11) is 0. The smallest absolute Gasteiger partial charge is 0.00446 e. The maximum atomic E-state index is 6.27. The molecule has 0 aromatic heterocycles. The molecule has 102 valence electrons. The fourth-order valence-electron chi connectivity index (χ4n) is 2.52. The fraction of sp³-hybridized carbons (Fsp3) is 0.647. The number of unbranched alkanes of at least 4 members (excludes halogenated alkanes) is 1. The molecule has 18 heavy (non-hydrogen) atoms. The summed E-state index contributed by atoms with van der Waals surface area (Å²) < 4.78 is 0. The minimum atomic E-state index is 0.368. The molecule has 0 spiro atoms. The van der Waals surface area contributed by atoms with Crippen molar-refractivity contribution >= 4 is 0 Å². The topological polar surface area (TPSA) is 26.0 Å². The van der Waals surface area contributed by atoms with Crippen LogP contribution in [0.15, 0.2) is 30.3 Å². The lowest BCUT2D eigenvalue weighted by atomic mass is 9.90. The highest BCUT2D eigenvalue weighted by atomic mass is 14.6. The van der Waals surface area contributed by atoms with Crippen molar-refractivity contribution in [3.8, 4) is 0 Å². The number of hydrogen-bond acceptors (Lipinski definition) is 1. The van der Waals surface area contributed by atoms with E-state index in [2.05, 4.69) is 44.2 Å². The average Bonchev–Trinajstić information content (AvgIpc) is 2.42. The summed E-state index contributed by atoms with van der Waals surface area (Å²) in [6, 6.07) is 11.0. The van der Waals surface area contributed by atoms with E-state index in [1.54, 1.807) is 0 Å². The quantitative estimate of drug-likeness (QED) is 0.680. The molecular weight excluding hydrogens is 218 g/mol. The van der Waals surface area contributed by atoms with Crippen LogP contribution in [-0.4, -0.2) is 6.04 Å². The SMILES string of the molecule is CCCCC(CC)CC(N)CCc1ccccc1. The Balaban J connectivity index is 2.25. The van der Waals surface area contributed by atoms with Gasteiger partial charge in [-0.05, 0) is 30.7 Å². The van der Waals surface area contributed by atoms with E-state index < -0.39 is 0 Å². The Kier molecular flexibility index (Phi) is 7.75. The number of hydrogen-bond donors (Lipinski definition) is 1. The Labute approximate surface area is 113 Å². The van der Waals surface area contributed by atoms with Crippen molar-refractivity contribution in [2.24, 2.45) is 11.7 Å². The van der Waals surface area contributed by atoms with Crippen molar-refractivity contribution in [1.29, 1.82) is 0 Å². The van der Waals surface area contributed by atoms with Crippen LogP contribution in [-0.2, 0) is 6.42 Å². The largest absolute Gasteiger partial charge is 0.328 e. The van der Waals surface area contributed by atoms with Gasteiger partial charge in [-0.15, -0.1) is 0 Å². The summed E-state index contributed by atoms with van der Waals surface area (Å²) in [5, 5.41) is 0. The third kappa shape index (κ3) is 6.20. The molecule has 0 saturated carbocycles. The highest BCUT2D eigenvalue weighted by Gasteiger charge is 2.11. The van der Waals surface area contributed by atoms with E-state index in [1.165, 1.54) is 37.7 Å². The van der Waals surface area contributed by atoms with E-state index in [9.17, 15) is 0 Å². The Morgan fingerprint density at radius 1 is 1.06 bits per heavy atom. The third-order valence-corrected chi connectivity index (χ3v) is 3.83. The molecule has 0 amide bonds. The molecule has 1 nitrogen and oxygen atoms in total. The van der Waals surface area contributed by atoms with Crippen LogP contribution in [0.25, 0.3) is 0 Å². The number of benzene rings is 1. The van der Waals surface area contributed by atoms with Crippen molar-refractivity contribution in [2.75, 3.05) is 0 Å². The van der Waals surface area contributed by atoms with Crippen LogP contribution in [0.5, 0.6) is 0 Å². The molecule has 0 aliphatic heterocycles. The summed E-state index contributed by atoms with van der Waals surface area (Å²) in [4.78, 5) is 0. The van der Waals surface area contributed by atoms with E-state index >= 15 is 0 Å². The van der Waals surface area contributed by atoms with E-state index in [0.29, 0.717) is 6.04 Å². The average molecular weight is 247 g/mol. The molecule has 2 N–H and O–H groups in total. The first-order valence-corrected chi connectivity index (χ1v) is 7.55. The number of rotatable bonds is 9. The van der Waals surface area contributed by atoms with Crippen molar-refractivity contribution < 1.29 is 0 Å². The highest BCUT2D eigenvalue weighted by Crippen LogP contribution is 2.19. The van der Waals surface area contributed by atoms with Gasteiger partial charge in [0.05, 0.1) is 0 Å². The molecule has 2 atom stereocenters. The minimum Gasteiger partial charge on any atom is -0.328 e. The normalized spacial score (nSPS) is 14.4. The summed E-state index contributed by atoms with van der Waals surface area (Å²) in [6.45, 7) is 4.56. The van der Waals surface area contributed by atoms with Gasteiger partial charge in [-0.3, -0.25) is 0 Å². The van der Waals surface area contributed by atoms with Gasteiger partial charge in [0.2, 0.25) is 0 Å². The molecule has 1 aromatic rings. The lowest BCUT2D eigenvalue weighted by Gasteiger charge is -2.19. The monoisotopic (exact) mass is 247 g/mol. The standard InChI is InChI=1S/C17H29N/c1-3-5-9-15(4-2)14-17(18)13-12-16-10-7-6-8-11-16/h6-8,10-11,15,17H,3-5,9,12-14,18H2,1-2H3. The molecule has 0 saturated heterocycles. The van der Waals surface area contributed by atoms with Gasteiger partial charge in [-0.2, -0.15) is 0 Å². The Bertz CT molecular complexity index is 294. The van der Waals surface area contributed by atoms with Crippen molar-refractivity contribution in [2.45, 2.75) is 64.8 Å². The zero-order chi connectivity index (χ0) is 13.2. The van der Waals surface area contributed by atoms with Crippen LogP contribution >= 0.6 is 0 Å². The van der Waals surface area contributed by atoms with Gasteiger partial charge >= 0.3 is 0 Å². The molecular formula is C17H29N. The van der Waals surface area contributed by atoms with Gasteiger partial charge in [0.25, 0.3) is 0 Å². The molecule has 0 aliphatic rings. The van der Waals surface area contributed by atoms with Gasteiger partial charge in [0, 0.05) is 6.04 Å². The predicted molar refractivity (Wildman–Crippen MR) is 80.7 cm³/mol. The lowest BCUT2D eigenvalue weighted by Crippen LogP contribution is -2.24. The number of aryl methyl sites for hydroxylation is 1. The first-order chi connectivity index (χ1) is 8.76. The summed E-state index contributed by atoms with van der Waals surface area (Å²) in [6.07, 6.45) is 8.72. The molecule has 0 bridgehead atoms. The van der Waals surface area contributed by atoms with Crippen LogP contribution in [0, 0.1) is 5.92 Å². The molecule has 0 aliphatic carbocycles. The Morgan fingerprint density at radius 3 is 2.39 bits per heavy atom. The maximum Gasteiger partial charge on any atom is 0.00446 e. The fourth-order valence-corrected chi connectivity index (χ4v) is 2.52. The third-order valence-electron chi connectivity index (χ3n) is 3.83. The second-order valence-electron chi connectivity index (χ2n) is 5.44. The van der Waals surface area contributed by atoms with Gasteiger partial charge < -0.3 is 5.73 Å². The second-order valence-corrected chi connectivity index (χ2v) is 5.44. The van der Waals surface area contributed by atoms with Gasteiger partial charge in [-0.1, -0.05) is 69.9 Å². The van der Waals surface area contributed by atoms with Gasteiger partial charge in [0.15, 0.2) is 0 Å². The molecule has 1 aromatic carbocycles. The predicted octanol–water partition coefficient (Wildman–Crippen LogP) is 4.55. The highest BCUT2D eigenvalue weighted by molar-refractivity contribution is 5.14. The van der Waals surface area contributed by atoms with Crippen LogP contribution in [0.2, 0.25) is 0 Å². The summed E-state index contributed by atoms with van der Waals surface area (Å²) in [5.41, 5.74) is 7.68. The Morgan fingerprint density at radius 2 is 1.78 bits per heavy atom. The van der Waals surface area contributed by atoms with Gasteiger partial charge in [0.1, 0.15) is 0 Å². The van der Waals surface area contributed by atoms with Crippen LogP contribution in [0.1, 0.15) is 57.9 Å². The summed E-state index contributed by atoms with van der Waals surface area (Å²) in [5.74, 6) is 0.829. The van der Waals surface area contributed by atoms with Crippen LogP contribution < -0.4 is 5.73 Å². The summed E-state index contributed by atoms with van der Waals surface area (Å²) >= 11 is 0. The van der Waals surface area contributed by atoms with E-state index in [0.717, 1.165) is 18.8 Å². The van der Waals surface area contributed by atoms with Crippen molar-refractivity contribution in [3.63, 3.8) is 0 Å². The zero-order valence-corrected chi connectivity index (χ0v) is 12.1. The van der Waals surface area contributed by atoms with Crippen LogP contribution in [0.4, 0.5) is 0 Å².